The van der Waals surface area contributed by atoms with Gasteiger partial charge in [0.1, 0.15) is 34.0 Å². The van der Waals surface area contributed by atoms with Crippen molar-refractivity contribution in [3.8, 4) is 17.2 Å². The van der Waals surface area contributed by atoms with Crippen LogP contribution in [-0.2, 0) is 15.0 Å². The molecule has 1 atom stereocenters. The molecule has 0 unspecified atom stereocenters. The highest BCUT2D eigenvalue weighted by Gasteiger charge is 2.56. The molecule has 0 aromatic heterocycles. The van der Waals surface area contributed by atoms with E-state index in [9.17, 15) is 29.4 Å². The number of rotatable bonds is 6. The van der Waals surface area contributed by atoms with Crippen LogP contribution in [0, 0.1) is 6.92 Å². The number of allylic oxidation sites excluding steroid dienone is 4. The summed E-state index contributed by atoms with van der Waals surface area (Å²) >= 11 is 0. The molecule has 10 nitrogen and oxygen atoms in total. The van der Waals surface area contributed by atoms with Crippen LogP contribution < -0.4 is 20.7 Å². The lowest BCUT2D eigenvalue weighted by Gasteiger charge is -2.29. The monoisotopic (exact) mass is 505 g/mol. The second-order valence-electron chi connectivity index (χ2n) is 9.06. The van der Waals surface area contributed by atoms with Crippen molar-refractivity contribution in [3.63, 3.8) is 0 Å². The smallest absolute Gasteiger partial charge is 0.319 e. The van der Waals surface area contributed by atoms with E-state index in [4.69, 9.17) is 4.74 Å². The minimum Gasteiger partial charge on any atom is -0.507 e. The van der Waals surface area contributed by atoms with E-state index in [0.29, 0.717) is 5.69 Å². The Bertz CT molecular complexity index is 1410. The summed E-state index contributed by atoms with van der Waals surface area (Å²) in [4.78, 5) is 51.0. The fourth-order valence-corrected chi connectivity index (χ4v) is 4.57. The van der Waals surface area contributed by atoms with Crippen molar-refractivity contribution in [2.45, 2.75) is 33.1 Å². The van der Waals surface area contributed by atoms with E-state index in [2.05, 4.69) is 16.0 Å². The first-order chi connectivity index (χ1) is 17.5. The van der Waals surface area contributed by atoms with Crippen LogP contribution in [0.15, 0.2) is 53.4 Å². The van der Waals surface area contributed by atoms with Gasteiger partial charge in [-0.05, 0) is 39.8 Å². The molecule has 192 valence electrons. The van der Waals surface area contributed by atoms with Crippen LogP contribution in [0.3, 0.4) is 0 Å². The van der Waals surface area contributed by atoms with Crippen LogP contribution in [-0.4, -0.2) is 46.7 Å². The van der Waals surface area contributed by atoms with Crippen molar-refractivity contribution in [2.24, 2.45) is 0 Å². The highest BCUT2D eigenvalue weighted by molar-refractivity contribution is 6.31. The number of Topliss-reactive ketones (excluding diaryl/α,β-unsaturated/α-hetero) is 2. The molecule has 2 aromatic carbocycles. The molecule has 0 saturated heterocycles. The molecule has 1 aliphatic heterocycles. The molecule has 0 bridgehead atoms. The SMILES string of the molecule is CC(=O)c1c(O)c(C)c(O)c2c1OC1=CC(=O)C(=C(C)NCCNC(=O)Nc3ccccc3)C(=O)[C@@]12C. The number of carbonyl (C=O) groups is 4. The highest BCUT2D eigenvalue weighted by Crippen LogP contribution is 2.57. The Morgan fingerprint density at radius 3 is 2.30 bits per heavy atom. The van der Waals surface area contributed by atoms with Gasteiger partial charge in [0.25, 0.3) is 0 Å². The molecule has 2 aromatic rings. The number of carbonyl (C=O) groups excluding carboxylic acids is 4. The van der Waals surface area contributed by atoms with Gasteiger partial charge in [0, 0.05) is 36.1 Å². The number of nitrogens with one attached hydrogen (secondary N) is 3. The van der Waals surface area contributed by atoms with Crippen molar-refractivity contribution in [1.82, 2.24) is 10.6 Å². The molecular formula is C27H27N3O7. The lowest BCUT2D eigenvalue weighted by molar-refractivity contribution is -0.123. The van der Waals surface area contributed by atoms with Crippen LogP contribution in [0.2, 0.25) is 0 Å². The maximum Gasteiger partial charge on any atom is 0.319 e. The van der Waals surface area contributed by atoms with E-state index in [1.54, 1.807) is 31.2 Å². The number of phenols is 2. The van der Waals surface area contributed by atoms with E-state index >= 15 is 0 Å². The van der Waals surface area contributed by atoms with Gasteiger partial charge in [-0.3, -0.25) is 14.4 Å². The summed E-state index contributed by atoms with van der Waals surface area (Å²) in [5, 5.41) is 29.7. The average molecular weight is 506 g/mol. The zero-order valence-electron chi connectivity index (χ0n) is 20.8. The molecule has 4 rings (SSSR count). The Morgan fingerprint density at radius 1 is 1.00 bits per heavy atom. The number of phenolic OH excluding ortho intramolecular Hbond substituents is 2. The Morgan fingerprint density at radius 2 is 1.65 bits per heavy atom. The zero-order valence-corrected chi connectivity index (χ0v) is 20.8. The van der Waals surface area contributed by atoms with Crippen molar-refractivity contribution >= 4 is 29.1 Å². The standard InChI is InChI=1S/C27H27N3O7/c1-13-22(33)20(15(3)31)24-21(23(13)34)27(4)18(37-24)12-17(32)19(25(27)35)14(2)28-10-11-29-26(36)30-16-8-6-5-7-9-16/h5-9,12,28,33-34H,10-11H2,1-4H3,(H2,29,30,36)/t27-/m0/s1. The number of anilines is 1. The first kappa shape index (κ1) is 25.5. The number of hydrogen-bond donors (Lipinski definition) is 5. The van der Waals surface area contributed by atoms with Crippen molar-refractivity contribution in [2.75, 3.05) is 18.4 Å². The van der Waals surface area contributed by atoms with Crippen molar-refractivity contribution < 1.29 is 34.1 Å². The maximum absolute atomic E-state index is 13.7. The van der Waals surface area contributed by atoms with Gasteiger partial charge in [-0.25, -0.2) is 4.79 Å². The largest absolute Gasteiger partial charge is 0.507 e. The lowest BCUT2D eigenvalue weighted by atomic mass is 9.70. The fraction of sp³-hybridized carbons (Fsp3) is 0.259. The fourth-order valence-electron chi connectivity index (χ4n) is 4.57. The number of para-hydroxylation sites is 1. The predicted octanol–water partition coefficient (Wildman–Crippen LogP) is 2.98. The third kappa shape index (κ3) is 4.20. The summed E-state index contributed by atoms with van der Waals surface area (Å²) in [6.07, 6.45) is 1.16. The molecule has 37 heavy (non-hydrogen) atoms. The molecular weight excluding hydrogens is 478 g/mol. The van der Waals surface area contributed by atoms with Gasteiger partial charge in [0.2, 0.25) is 0 Å². The molecule has 1 aliphatic carbocycles. The quantitative estimate of drug-likeness (QED) is 0.174. The van der Waals surface area contributed by atoms with Gasteiger partial charge in [-0.15, -0.1) is 0 Å². The van der Waals surface area contributed by atoms with Gasteiger partial charge in [0.05, 0.1) is 11.1 Å². The van der Waals surface area contributed by atoms with Gasteiger partial charge in [-0.1, -0.05) is 18.2 Å². The number of aromatic hydroxyl groups is 2. The van der Waals surface area contributed by atoms with Gasteiger partial charge < -0.3 is 30.9 Å². The summed E-state index contributed by atoms with van der Waals surface area (Å²) < 4.78 is 5.75. The first-order valence-electron chi connectivity index (χ1n) is 11.6. The number of hydrogen-bond acceptors (Lipinski definition) is 8. The Balaban J connectivity index is 1.57. The molecule has 0 saturated carbocycles. The summed E-state index contributed by atoms with van der Waals surface area (Å²) in [5.41, 5.74) is -0.900. The average Bonchev–Trinajstić information content (AvgIpc) is 3.14. The number of fused-ring (bicyclic) bond motifs is 3. The normalized spacial score (nSPS) is 19.3. The predicted molar refractivity (Wildman–Crippen MR) is 135 cm³/mol. The molecule has 5 N–H and O–H groups in total. The Kier molecular flexibility index (Phi) is 6.51. The van der Waals surface area contributed by atoms with Crippen molar-refractivity contribution in [3.05, 3.63) is 70.1 Å². The van der Waals surface area contributed by atoms with Gasteiger partial charge in [-0.2, -0.15) is 0 Å². The maximum atomic E-state index is 13.7. The van der Waals surface area contributed by atoms with Crippen molar-refractivity contribution in [1.29, 1.82) is 0 Å². The summed E-state index contributed by atoms with van der Waals surface area (Å²) in [5.74, 6) is -2.73. The van der Waals surface area contributed by atoms with Gasteiger partial charge >= 0.3 is 6.03 Å². The Labute approximate surface area is 213 Å². The molecule has 0 spiro atoms. The van der Waals surface area contributed by atoms with Crippen LogP contribution in [0.4, 0.5) is 10.5 Å². The topological polar surface area (TPSA) is 154 Å². The van der Waals surface area contributed by atoms with E-state index in [1.807, 2.05) is 6.07 Å². The van der Waals surface area contributed by atoms with Crippen LogP contribution in [0.5, 0.6) is 17.2 Å². The van der Waals surface area contributed by atoms with E-state index in [1.165, 1.54) is 20.8 Å². The minimum absolute atomic E-state index is 0.0277. The van der Waals surface area contributed by atoms with Gasteiger partial charge in [0.15, 0.2) is 17.3 Å². The van der Waals surface area contributed by atoms with Crippen LogP contribution in [0.1, 0.15) is 42.3 Å². The van der Waals surface area contributed by atoms with Crippen LogP contribution in [0.25, 0.3) is 0 Å². The number of ether oxygens (including phenoxy) is 1. The zero-order chi connectivity index (χ0) is 27.1. The molecule has 1 heterocycles. The molecule has 10 heteroatoms. The van der Waals surface area contributed by atoms with Crippen LogP contribution >= 0.6 is 0 Å². The molecule has 2 aliphatic rings. The molecule has 0 radical (unpaired) electrons. The Hall–Kier alpha value is -4.60. The second kappa shape index (κ2) is 9.45. The molecule has 2 amide bonds. The number of benzene rings is 2. The number of amides is 2. The minimum atomic E-state index is -1.58. The first-order valence-corrected chi connectivity index (χ1v) is 11.6. The number of ketones is 3. The molecule has 0 fully saturated rings. The number of urea groups is 1. The van der Waals surface area contributed by atoms with E-state index in [-0.39, 0.29) is 58.3 Å². The summed E-state index contributed by atoms with van der Waals surface area (Å²) in [6, 6.07) is 8.52. The second-order valence-corrected chi connectivity index (χ2v) is 9.06. The highest BCUT2D eigenvalue weighted by atomic mass is 16.5. The third-order valence-corrected chi connectivity index (χ3v) is 6.59. The van der Waals surface area contributed by atoms with E-state index < -0.39 is 34.5 Å². The third-order valence-electron chi connectivity index (χ3n) is 6.59. The van der Waals surface area contributed by atoms with E-state index in [0.717, 1.165) is 6.08 Å². The lowest BCUT2D eigenvalue weighted by Crippen LogP contribution is -2.41. The summed E-state index contributed by atoms with van der Waals surface area (Å²) in [6.45, 7) is 6.15. The summed E-state index contributed by atoms with van der Waals surface area (Å²) in [7, 11) is 0.